The zero-order valence-electron chi connectivity index (χ0n) is 16.2. The Morgan fingerprint density at radius 2 is 2.15 bits per heavy atom. The zero-order chi connectivity index (χ0) is 18.4. The van der Waals surface area contributed by atoms with Crippen molar-refractivity contribution in [3.8, 4) is 0 Å². The molecule has 0 spiro atoms. The number of hydrogen-bond donors (Lipinski definition) is 3. The largest absolute Gasteiger partial charge is 0.372 e. The number of nitrogens with zero attached hydrogens (tertiary/aromatic N) is 3. The van der Waals surface area contributed by atoms with Gasteiger partial charge in [0.25, 0.3) is 0 Å². The van der Waals surface area contributed by atoms with E-state index in [9.17, 15) is 0 Å². The average molecular weight is 373 g/mol. The van der Waals surface area contributed by atoms with E-state index >= 15 is 0 Å². The minimum absolute atomic E-state index is 0.197. The highest BCUT2D eigenvalue weighted by Crippen LogP contribution is 2.47. The third-order valence-corrected chi connectivity index (χ3v) is 7.11. The molecule has 4 aliphatic rings. The van der Waals surface area contributed by atoms with Gasteiger partial charge in [0.2, 0.25) is 0 Å². The summed E-state index contributed by atoms with van der Waals surface area (Å²) in [6, 6.07) is 3.13. The number of hydrogen-bond acceptors (Lipinski definition) is 7. The predicted octanol–water partition coefficient (Wildman–Crippen LogP) is 1.66. The number of aromatic nitrogens is 2. The summed E-state index contributed by atoms with van der Waals surface area (Å²) in [5.41, 5.74) is 14.4. The third kappa shape index (κ3) is 3.46. The molecular weight excluding hydrogens is 340 g/mol. The number of hydrazine groups is 1. The Hall–Kier alpha value is -1.28. The van der Waals surface area contributed by atoms with Crippen molar-refractivity contribution in [2.45, 2.75) is 81.7 Å². The molecule has 5 atom stereocenters. The molecule has 7 nitrogen and oxygen atoms in total. The number of nitrogens with two attached hydrogens (primary N) is 1. The van der Waals surface area contributed by atoms with E-state index in [1.807, 2.05) is 0 Å². The van der Waals surface area contributed by atoms with E-state index in [1.54, 1.807) is 6.33 Å². The molecule has 1 aromatic heterocycles. The van der Waals surface area contributed by atoms with Gasteiger partial charge in [0.15, 0.2) is 0 Å². The van der Waals surface area contributed by atoms with E-state index in [-0.39, 0.29) is 17.7 Å². The lowest BCUT2D eigenvalue weighted by Gasteiger charge is -2.35. The van der Waals surface area contributed by atoms with Crippen LogP contribution >= 0.6 is 0 Å². The maximum absolute atomic E-state index is 6.54. The molecule has 0 radical (unpaired) electrons. The van der Waals surface area contributed by atoms with Crippen molar-refractivity contribution in [1.82, 2.24) is 20.8 Å². The highest BCUT2D eigenvalue weighted by molar-refractivity contribution is 5.41. The standard InChI is InChI=1S/C20H32N6O/c1-2-20(6-7-20)27-14-3-4-16-15(9-14)19(25-24-16)17-10-18(23-12-22-17)26-8-5-13(21)11-26/h10,12-16,19,24-25H,2-9,11,21H2,1H3/t13-,14?,15?,16?,19?/m1/s1. The van der Waals surface area contributed by atoms with Gasteiger partial charge in [-0.1, -0.05) is 6.92 Å². The molecule has 1 aromatic rings. The fraction of sp³-hybridized carbons (Fsp3) is 0.800. The maximum Gasteiger partial charge on any atom is 0.132 e. The molecule has 0 amide bonds. The summed E-state index contributed by atoms with van der Waals surface area (Å²) in [5.74, 6) is 1.52. The lowest BCUT2D eigenvalue weighted by Crippen LogP contribution is -2.39. The van der Waals surface area contributed by atoms with Crippen molar-refractivity contribution in [2.24, 2.45) is 11.7 Å². The summed E-state index contributed by atoms with van der Waals surface area (Å²) < 4.78 is 6.54. The van der Waals surface area contributed by atoms with Crippen molar-refractivity contribution in [2.75, 3.05) is 18.0 Å². The second-order valence-corrected chi connectivity index (χ2v) is 8.92. The summed E-state index contributed by atoms with van der Waals surface area (Å²) >= 11 is 0. The monoisotopic (exact) mass is 372 g/mol. The summed E-state index contributed by atoms with van der Waals surface area (Å²) in [7, 11) is 0. The Morgan fingerprint density at radius 3 is 2.89 bits per heavy atom. The molecule has 3 heterocycles. The molecule has 4 unspecified atom stereocenters. The van der Waals surface area contributed by atoms with Crippen LogP contribution in [0.4, 0.5) is 5.82 Å². The molecule has 27 heavy (non-hydrogen) atoms. The molecule has 0 bridgehead atoms. The fourth-order valence-corrected chi connectivity index (χ4v) is 5.16. The van der Waals surface area contributed by atoms with Crippen LogP contribution in [-0.4, -0.2) is 46.8 Å². The van der Waals surface area contributed by atoms with Gasteiger partial charge in [0.05, 0.1) is 23.4 Å². The van der Waals surface area contributed by atoms with Crippen molar-refractivity contribution in [3.05, 3.63) is 18.1 Å². The van der Waals surface area contributed by atoms with Gasteiger partial charge < -0.3 is 15.4 Å². The van der Waals surface area contributed by atoms with Crippen LogP contribution in [0.1, 0.15) is 63.6 Å². The summed E-state index contributed by atoms with van der Waals surface area (Å²) in [6.07, 6.45) is 10.2. The van der Waals surface area contributed by atoms with Gasteiger partial charge in [-0.3, -0.25) is 5.43 Å². The van der Waals surface area contributed by atoms with Gasteiger partial charge in [0.1, 0.15) is 12.1 Å². The van der Waals surface area contributed by atoms with Crippen molar-refractivity contribution in [1.29, 1.82) is 0 Å². The molecule has 4 fully saturated rings. The fourth-order valence-electron chi connectivity index (χ4n) is 5.16. The van der Waals surface area contributed by atoms with Gasteiger partial charge in [0, 0.05) is 37.2 Å². The van der Waals surface area contributed by atoms with Crippen molar-refractivity contribution in [3.63, 3.8) is 0 Å². The van der Waals surface area contributed by atoms with E-state index in [1.165, 1.54) is 12.8 Å². The molecule has 4 N–H and O–H groups in total. The molecule has 2 aliphatic heterocycles. The minimum atomic E-state index is 0.197. The topological polar surface area (TPSA) is 88.3 Å². The normalized spacial score (nSPS) is 37.4. The average Bonchev–Trinajstić information content (AvgIpc) is 3.12. The third-order valence-electron chi connectivity index (χ3n) is 7.11. The first-order valence-electron chi connectivity index (χ1n) is 10.7. The van der Waals surface area contributed by atoms with E-state index in [0.29, 0.717) is 18.1 Å². The Labute approximate surface area is 161 Å². The molecular formula is C20H32N6O. The van der Waals surface area contributed by atoms with Crippen molar-refractivity contribution < 1.29 is 4.74 Å². The van der Waals surface area contributed by atoms with Crippen LogP contribution < -0.4 is 21.5 Å². The quantitative estimate of drug-likeness (QED) is 0.724. The van der Waals surface area contributed by atoms with E-state index < -0.39 is 0 Å². The number of anilines is 1. The van der Waals surface area contributed by atoms with Gasteiger partial charge in [-0.15, -0.1) is 0 Å². The number of rotatable bonds is 5. The Kier molecular flexibility index (Phi) is 4.58. The van der Waals surface area contributed by atoms with E-state index in [4.69, 9.17) is 10.5 Å². The molecule has 148 valence electrons. The lowest BCUT2D eigenvalue weighted by molar-refractivity contribution is -0.0603. The minimum Gasteiger partial charge on any atom is -0.372 e. The second-order valence-electron chi connectivity index (χ2n) is 8.92. The second kappa shape index (κ2) is 6.95. The van der Waals surface area contributed by atoms with Crippen LogP contribution in [0.15, 0.2) is 12.4 Å². The highest BCUT2D eigenvalue weighted by Gasteiger charge is 2.47. The Bertz CT molecular complexity index is 680. The molecule has 2 saturated carbocycles. The molecule has 0 aromatic carbocycles. The number of fused-ring (bicyclic) bond motifs is 1. The SMILES string of the molecule is CCC1(OC2CCC3NNC(c4cc(N5CC[C@@H](N)C5)ncn4)C3C2)CC1. The van der Waals surface area contributed by atoms with Crippen LogP contribution in [0.25, 0.3) is 0 Å². The first-order valence-corrected chi connectivity index (χ1v) is 10.7. The van der Waals surface area contributed by atoms with E-state index in [0.717, 1.165) is 56.7 Å². The molecule has 2 aliphatic carbocycles. The van der Waals surface area contributed by atoms with Crippen LogP contribution in [0.3, 0.4) is 0 Å². The van der Waals surface area contributed by atoms with Crippen LogP contribution in [0.5, 0.6) is 0 Å². The van der Waals surface area contributed by atoms with Crippen molar-refractivity contribution >= 4 is 5.82 Å². The molecule has 2 saturated heterocycles. The Morgan fingerprint density at radius 1 is 1.26 bits per heavy atom. The number of ether oxygens (including phenoxy) is 1. The predicted molar refractivity (Wildman–Crippen MR) is 104 cm³/mol. The van der Waals surface area contributed by atoms with Gasteiger partial charge in [-0.05, 0) is 44.9 Å². The maximum atomic E-state index is 6.54. The smallest absolute Gasteiger partial charge is 0.132 e. The van der Waals surface area contributed by atoms with Gasteiger partial charge in [-0.25, -0.2) is 15.4 Å². The van der Waals surface area contributed by atoms with Crippen LogP contribution in [0, 0.1) is 5.92 Å². The molecule has 7 heteroatoms. The Balaban J connectivity index is 1.30. The molecule has 5 rings (SSSR count). The first kappa shape index (κ1) is 17.8. The summed E-state index contributed by atoms with van der Waals surface area (Å²) in [6.45, 7) is 4.12. The highest BCUT2D eigenvalue weighted by atomic mass is 16.5. The zero-order valence-corrected chi connectivity index (χ0v) is 16.2. The van der Waals surface area contributed by atoms with Gasteiger partial charge >= 0.3 is 0 Å². The van der Waals surface area contributed by atoms with Crippen LogP contribution in [-0.2, 0) is 4.74 Å². The number of nitrogens with one attached hydrogen (secondary N) is 2. The van der Waals surface area contributed by atoms with Crippen LogP contribution in [0.2, 0.25) is 0 Å². The summed E-state index contributed by atoms with van der Waals surface area (Å²) in [4.78, 5) is 11.4. The lowest BCUT2D eigenvalue weighted by atomic mass is 9.79. The first-order chi connectivity index (χ1) is 13.2. The summed E-state index contributed by atoms with van der Waals surface area (Å²) in [5, 5.41) is 0. The van der Waals surface area contributed by atoms with Gasteiger partial charge in [-0.2, -0.15) is 0 Å². The van der Waals surface area contributed by atoms with E-state index in [2.05, 4.69) is 38.7 Å².